The Hall–Kier alpha value is -0.840. The summed E-state index contributed by atoms with van der Waals surface area (Å²) in [6, 6.07) is 0.474. The first-order valence-electron chi connectivity index (χ1n) is 5.93. The van der Waals surface area contributed by atoms with E-state index in [0.29, 0.717) is 23.5 Å². The second-order valence-corrected chi connectivity index (χ2v) is 5.13. The van der Waals surface area contributed by atoms with Crippen LogP contribution in [0.15, 0.2) is 0 Å². The van der Waals surface area contributed by atoms with Gasteiger partial charge in [0.15, 0.2) is 5.11 Å². The first-order chi connectivity index (χ1) is 7.58. The van der Waals surface area contributed by atoms with E-state index in [0.717, 1.165) is 0 Å². The molecule has 4 nitrogen and oxygen atoms in total. The summed E-state index contributed by atoms with van der Waals surface area (Å²) in [6.07, 6.45) is 5.38. The fraction of sp³-hybridized carbons (Fsp3) is 0.818. The van der Waals surface area contributed by atoms with E-state index in [1.54, 1.807) is 0 Å². The minimum absolute atomic E-state index is 0.0226. The van der Waals surface area contributed by atoms with Gasteiger partial charge in [0.2, 0.25) is 5.91 Å². The Morgan fingerprint density at radius 1 is 1.31 bits per heavy atom. The van der Waals surface area contributed by atoms with Crippen LogP contribution in [0.3, 0.4) is 0 Å². The van der Waals surface area contributed by atoms with Gasteiger partial charge in [-0.15, -0.1) is 0 Å². The first kappa shape index (κ1) is 13.2. The fourth-order valence-electron chi connectivity index (χ4n) is 1.84. The molecule has 0 aliphatic heterocycles. The summed E-state index contributed by atoms with van der Waals surface area (Å²) in [5.41, 5.74) is 5.33. The molecule has 0 aromatic carbocycles. The van der Waals surface area contributed by atoms with Crippen molar-refractivity contribution in [1.29, 1.82) is 0 Å². The number of hydrogen-bond donors (Lipinski definition) is 3. The molecule has 0 saturated heterocycles. The second-order valence-electron chi connectivity index (χ2n) is 4.73. The molecule has 1 fully saturated rings. The van der Waals surface area contributed by atoms with E-state index in [4.69, 9.17) is 12.2 Å². The van der Waals surface area contributed by atoms with Crippen LogP contribution < -0.4 is 16.2 Å². The highest BCUT2D eigenvalue weighted by Crippen LogP contribution is 2.17. The van der Waals surface area contributed by atoms with Gasteiger partial charge in [0.1, 0.15) is 0 Å². The summed E-state index contributed by atoms with van der Waals surface area (Å²) in [7, 11) is 0. The van der Waals surface area contributed by atoms with Crippen LogP contribution >= 0.6 is 12.2 Å². The third-order valence-corrected chi connectivity index (χ3v) is 2.82. The Kier molecular flexibility index (Phi) is 5.52. The molecule has 1 rings (SSSR count). The molecule has 0 radical (unpaired) electrons. The number of carbonyl (C=O) groups excluding carboxylic acids is 1. The fourth-order valence-corrected chi connectivity index (χ4v) is 2.06. The molecule has 1 saturated carbocycles. The van der Waals surface area contributed by atoms with Gasteiger partial charge >= 0.3 is 0 Å². The highest BCUT2D eigenvalue weighted by molar-refractivity contribution is 7.80. The average molecular weight is 243 g/mol. The van der Waals surface area contributed by atoms with Crippen LogP contribution in [0.1, 0.15) is 46.0 Å². The Morgan fingerprint density at radius 2 is 1.94 bits per heavy atom. The molecular weight excluding hydrogens is 222 g/mol. The topological polar surface area (TPSA) is 53.2 Å². The molecule has 0 aromatic heterocycles. The molecule has 1 aliphatic carbocycles. The van der Waals surface area contributed by atoms with Gasteiger partial charge in [-0.25, -0.2) is 0 Å². The van der Waals surface area contributed by atoms with Crippen molar-refractivity contribution in [3.05, 3.63) is 0 Å². The predicted molar refractivity (Wildman–Crippen MR) is 68.7 cm³/mol. The molecule has 0 unspecified atom stereocenters. The van der Waals surface area contributed by atoms with Crippen molar-refractivity contribution in [2.45, 2.75) is 52.0 Å². The molecule has 0 atom stereocenters. The van der Waals surface area contributed by atoms with E-state index >= 15 is 0 Å². The quantitative estimate of drug-likeness (QED) is 0.519. The third kappa shape index (κ3) is 5.30. The van der Waals surface area contributed by atoms with Crippen LogP contribution in [0, 0.1) is 5.92 Å². The lowest BCUT2D eigenvalue weighted by atomic mass is 10.1. The highest BCUT2D eigenvalue weighted by Gasteiger charge is 2.15. The summed E-state index contributed by atoms with van der Waals surface area (Å²) >= 11 is 5.09. The molecule has 3 N–H and O–H groups in total. The van der Waals surface area contributed by atoms with Crippen molar-refractivity contribution in [2.75, 3.05) is 0 Å². The van der Waals surface area contributed by atoms with E-state index in [-0.39, 0.29) is 5.91 Å². The Morgan fingerprint density at radius 3 is 2.50 bits per heavy atom. The Balaban J connectivity index is 2.11. The molecule has 0 bridgehead atoms. The number of amides is 1. The molecule has 92 valence electrons. The summed E-state index contributed by atoms with van der Waals surface area (Å²) in [6.45, 7) is 4.02. The van der Waals surface area contributed by atoms with Gasteiger partial charge in [-0.2, -0.15) is 0 Å². The van der Waals surface area contributed by atoms with E-state index in [9.17, 15) is 4.79 Å². The Bertz CT molecular complexity index is 250. The maximum absolute atomic E-state index is 11.3. The van der Waals surface area contributed by atoms with Crippen LogP contribution in [-0.2, 0) is 4.79 Å². The number of nitrogens with one attached hydrogen (secondary N) is 3. The third-order valence-electron chi connectivity index (χ3n) is 2.60. The largest absolute Gasteiger partial charge is 0.359 e. The maximum Gasteiger partial charge on any atom is 0.238 e. The van der Waals surface area contributed by atoms with E-state index in [1.807, 2.05) is 13.8 Å². The monoisotopic (exact) mass is 243 g/mol. The van der Waals surface area contributed by atoms with Crippen molar-refractivity contribution in [3.63, 3.8) is 0 Å². The van der Waals surface area contributed by atoms with Crippen molar-refractivity contribution in [2.24, 2.45) is 5.92 Å². The molecule has 0 spiro atoms. The highest BCUT2D eigenvalue weighted by atomic mass is 32.1. The van der Waals surface area contributed by atoms with Gasteiger partial charge < -0.3 is 5.32 Å². The zero-order chi connectivity index (χ0) is 12.0. The van der Waals surface area contributed by atoms with Gasteiger partial charge in [0.25, 0.3) is 0 Å². The van der Waals surface area contributed by atoms with E-state index in [2.05, 4.69) is 16.2 Å². The number of rotatable bonds is 3. The minimum Gasteiger partial charge on any atom is -0.359 e. The zero-order valence-electron chi connectivity index (χ0n) is 10.0. The minimum atomic E-state index is -0.0226. The van der Waals surface area contributed by atoms with Crippen LogP contribution in [0.25, 0.3) is 0 Å². The van der Waals surface area contributed by atoms with Crippen LogP contribution in [0.4, 0.5) is 0 Å². The molecule has 16 heavy (non-hydrogen) atoms. The molecule has 0 aromatic rings. The van der Waals surface area contributed by atoms with Crippen molar-refractivity contribution in [1.82, 2.24) is 16.2 Å². The summed E-state index contributed by atoms with van der Waals surface area (Å²) in [5, 5.41) is 3.71. The normalized spacial score (nSPS) is 16.2. The van der Waals surface area contributed by atoms with Crippen LogP contribution in [0.5, 0.6) is 0 Å². The van der Waals surface area contributed by atoms with Crippen molar-refractivity contribution >= 4 is 23.2 Å². The smallest absolute Gasteiger partial charge is 0.238 e. The molecular formula is C11H21N3OS. The van der Waals surface area contributed by atoms with E-state index in [1.165, 1.54) is 25.7 Å². The van der Waals surface area contributed by atoms with E-state index < -0.39 is 0 Å². The lowest BCUT2D eigenvalue weighted by molar-refractivity contribution is -0.122. The molecule has 0 heterocycles. The summed E-state index contributed by atoms with van der Waals surface area (Å²) < 4.78 is 0. The number of thiocarbonyl (C=S) groups is 1. The number of hydrogen-bond acceptors (Lipinski definition) is 2. The van der Waals surface area contributed by atoms with Crippen molar-refractivity contribution < 1.29 is 4.79 Å². The zero-order valence-corrected chi connectivity index (χ0v) is 10.8. The van der Waals surface area contributed by atoms with Gasteiger partial charge in [0, 0.05) is 12.5 Å². The second kappa shape index (κ2) is 6.68. The van der Waals surface area contributed by atoms with Gasteiger partial charge in [-0.05, 0) is 31.0 Å². The van der Waals surface area contributed by atoms with Crippen molar-refractivity contribution in [3.8, 4) is 0 Å². The van der Waals surface area contributed by atoms with Crippen LogP contribution in [0.2, 0.25) is 0 Å². The maximum atomic E-state index is 11.3. The van der Waals surface area contributed by atoms with Gasteiger partial charge in [0.05, 0.1) is 0 Å². The first-order valence-corrected chi connectivity index (χ1v) is 6.34. The lowest BCUT2D eigenvalue weighted by Gasteiger charge is -2.16. The summed E-state index contributed by atoms with van der Waals surface area (Å²) in [5.74, 6) is 0.337. The van der Waals surface area contributed by atoms with Gasteiger partial charge in [-0.1, -0.05) is 26.7 Å². The molecule has 1 aliphatic rings. The average Bonchev–Trinajstić information content (AvgIpc) is 2.66. The number of carbonyl (C=O) groups is 1. The summed E-state index contributed by atoms with van der Waals surface area (Å²) in [4.78, 5) is 11.3. The number of hydrazine groups is 1. The lowest BCUT2D eigenvalue weighted by Crippen LogP contribution is -2.49. The SMILES string of the molecule is CC(C)CC(=O)NNC(=S)NC1CCCC1. The van der Waals surface area contributed by atoms with Gasteiger partial charge in [-0.3, -0.25) is 15.6 Å². The standard InChI is InChI=1S/C11H21N3OS/c1-8(2)7-10(15)13-14-11(16)12-9-5-3-4-6-9/h8-9H,3-7H2,1-2H3,(H,13,15)(H2,12,14,16). The Labute approximate surface area is 103 Å². The predicted octanol–water partition coefficient (Wildman–Crippen LogP) is 1.47. The molecule has 1 amide bonds. The van der Waals surface area contributed by atoms with Crippen LogP contribution in [-0.4, -0.2) is 17.1 Å². The molecule has 5 heteroatoms.